The van der Waals surface area contributed by atoms with Crippen LogP contribution in [-0.2, 0) is 4.74 Å². The summed E-state index contributed by atoms with van der Waals surface area (Å²) in [5.41, 5.74) is 1.54. The number of esters is 1. The lowest BCUT2D eigenvalue weighted by atomic mass is 10.0. The van der Waals surface area contributed by atoms with Crippen molar-refractivity contribution >= 4 is 40.8 Å². The molecule has 0 aliphatic carbocycles. The van der Waals surface area contributed by atoms with E-state index in [-0.39, 0.29) is 34.6 Å². The van der Waals surface area contributed by atoms with E-state index >= 15 is 0 Å². The second-order valence-corrected chi connectivity index (χ2v) is 7.46. The number of carbonyl (C=O) groups is 2. The van der Waals surface area contributed by atoms with E-state index in [1.165, 1.54) is 6.20 Å². The highest BCUT2D eigenvalue weighted by Crippen LogP contribution is 2.29. The summed E-state index contributed by atoms with van der Waals surface area (Å²) in [6.45, 7) is 4.22. The maximum Gasteiger partial charge on any atom is 0.356 e. The number of nitrogens with one attached hydrogen (secondary N) is 2. The highest BCUT2D eigenvalue weighted by molar-refractivity contribution is 6.44. The number of aromatic nitrogens is 2. The monoisotopic (exact) mass is 442 g/mol. The third-order valence-electron chi connectivity index (χ3n) is 4.73. The van der Waals surface area contributed by atoms with E-state index in [4.69, 9.17) is 27.9 Å². The van der Waals surface area contributed by atoms with Crippen LogP contribution in [0, 0.1) is 6.92 Å². The Morgan fingerprint density at radius 3 is 2.79 bits per heavy atom. The number of aromatic amines is 1. The number of amides is 1. The van der Waals surface area contributed by atoms with Crippen LogP contribution in [0.15, 0.2) is 18.3 Å². The van der Waals surface area contributed by atoms with Crippen molar-refractivity contribution in [3.63, 3.8) is 0 Å². The molecule has 1 aliphatic heterocycles. The van der Waals surface area contributed by atoms with Gasteiger partial charge in [-0.15, -0.1) is 0 Å². The van der Waals surface area contributed by atoms with Crippen molar-refractivity contribution in [2.45, 2.75) is 32.5 Å². The van der Waals surface area contributed by atoms with Crippen LogP contribution in [0.3, 0.4) is 0 Å². The lowest BCUT2D eigenvalue weighted by molar-refractivity contribution is 0.0519. The van der Waals surface area contributed by atoms with Crippen LogP contribution in [-0.4, -0.2) is 53.8 Å². The molecule has 156 valence electrons. The minimum Gasteiger partial charge on any atom is -0.461 e. The molecule has 2 N–H and O–H groups in total. The summed E-state index contributed by atoms with van der Waals surface area (Å²) in [7, 11) is 0. The molecular formula is C19H21Cl2FN4O3. The molecule has 0 aromatic carbocycles. The number of ether oxygens (including phenoxy) is 1. The molecule has 2 atom stereocenters. The molecule has 2 aromatic heterocycles. The van der Waals surface area contributed by atoms with Gasteiger partial charge in [0.25, 0.3) is 5.91 Å². The first-order valence-corrected chi connectivity index (χ1v) is 9.94. The number of piperidine rings is 1. The van der Waals surface area contributed by atoms with Crippen LogP contribution in [0.4, 0.5) is 10.1 Å². The number of rotatable bonds is 5. The molecule has 1 fully saturated rings. The number of hydrogen-bond donors (Lipinski definition) is 2. The number of halogens is 3. The SMILES string of the molecule is CCOC(=O)c1cc(N2CC[C@@H](NC(=O)c3[nH]c(C)c(Cl)c3Cl)[C@@H](F)C2)ccn1. The summed E-state index contributed by atoms with van der Waals surface area (Å²) in [6.07, 6.45) is 0.564. The van der Waals surface area contributed by atoms with Gasteiger partial charge in [-0.05, 0) is 32.4 Å². The van der Waals surface area contributed by atoms with Crippen molar-refractivity contribution in [3.05, 3.63) is 45.5 Å². The second kappa shape index (κ2) is 9.00. The van der Waals surface area contributed by atoms with Crippen molar-refractivity contribution in [1.82, 2.24) is 15.3 Å². The molecule has 7 nitrogen and oxygen atoms in total. The number of nitrogens with zero attached hydrogens (tertiary/aromatic N) is 2. The third kappa shape index (κ3) is 4.64. The Morgan fingerprint density at radius 2 is 2.17 bits per heavy atom. The summed E-state index contributed by atoms with van der Waals surface area (Å²) in [4.78, 5) is 32.9. The van der Waals surface area contributed by atoms with Crippen molar-refractivity contribution in [2.75, 3.05) is 24.6 Å². The first-order chi connectivity index (χ1) is 13.8. The minimum atomic E-state index is -1.31. The van der Waals surface area contributed by atoms with E-state index in [9.17, 15) is 14.0 Å². The van der Waals surface area contributed by atoms with Crippen LogP contribution < -0.4 is 10.2 Å². The molecule has 29 heavy (non-hydrogen) atoms. The summed E-state index contributed by atoms with van der Waals surface area (Å²) in [6, 6.07) is 2.62. The van der Waals surface area contributed by atoms with Gasteiger partial charge < -0.3 is 19.9 Å². The maximum atomic E-state index is 14.8. The van der Waals surface area contributed by atoms with Crippen LogP contribution in [0.5, 0.6) is 0 Å². The lowest BCUT2D eigenvalue weighted by Crippen LogP contribution is -2.52. The largest absolute Gasteiger partial charge is 0.461 e. The van der Waals surface area contributed by atoms with Gasteiger partial charge in [-0.3, -0.25) is 4.79 Å². The average Bonchev–Trinajstić information content (AvgIpc) is 2.97. The van der Waals surface area contributed by atoms with Gasteiger partial charge in [-0.25, -0.2) is 14.2 Å². The smallest absolute Gasteiger partial charge is 0.356 e. The quantitative estimate of drug-likeness (QED) is 0.691. The Kier molecular flexibility index (Phi) is 6.64. The van der Waals surface area contributed by atoms with Crippen molar-refractivity contribution in [3.8, 4) is 0 Å². The first-order valence-electron chi connectivity index (χ1n) is 9.18. The number of carbonyl (C=O) groups excluding carboxylic acids is 2. The zero-order valence-corrected chi connectivity index (χ0v) is 17.5. The van der Waals surface area contributed by atoms with Gasteiger partial charge in [-0.1, -0.05) is 23.2 Å². The predicted molar refractivity (Wildman–Crippen MR) is 109 cm³/mol. The van der Waals surface area contributed by atoms with Crippen LogP contribution >= 0.6 is 23.2 Å². The second-order valence-electron chi connectivity index (χ2n) is 6.70. The van der Waals surface area contributed by atoms with Gasteiger partial charge in [0.15, 0.2) is 0 Å². The Labute approximate surface area is 177 Å². The van der Waals surface area contributed by atoms with E-state index in [2.05, 4.69) is 15.3 Å². The summed E-state index contributed by atoms with van der Waals surface area (Å²) in [5, 5.41) is 3.08. The molecule has 2 aromatic rings. The average molecular weight is 443 g/mol. The Bertz CT molecular complexity index is 921. The molecule has 10 heteroatoms. The van der Waals surface area contributed by atoms with Gasteiger partial charge in [0.2, 0.25) is 0 Å². The van der Waals surface area contributed by atoms with Gasteiger partial charge in [0.1, 0.15) is 17.6 Å². The lowest BCUT2D eigenvalue weighted by Gasteiger charge is -2.36. The fraction of sp³-hybridized carbons (Fsp3) is 0.421. The molecule has 3 heterocycles. The van der Waals surface area contributed by atoms with E-state index in [1.807, 2.05) is 0 Å². The zero-order valence-electron chi connectivity index (χ0n) is 16.0. The Hall–Kier alpha value is -2.32. The van der Waals surface area contributed by atoms with Gasteiger partial charge in [-0.2, -0.15) is 0 Å². The van der Waals surface area contributed by atoms with Gasteiger partial charge >= 0.3 is 5.97 Å². The molecule has 3 rings (SSSR count). The predicted octanol–water partition coefficient (Wildman–Crippen LogP) is 3.55. The van der Waals surface area contributed by atoms with Crippen molar-refractivity contribution in [1.29, 1.82) is 0 Å². The summed E-state index contributed by atoms with van der Waals surface area (Å²) in [5.74, 6) is -1.02. The standard InChI is InChI=1S/C19H21Cl2FN4O3/c1-3-29-19(28)14-8-11(4-6-23-14)26-7-5-13(12(22)9-26)25-18(27)17-16(21)15(20)10(2)24-17/h4,6,8,12-13,24H,3,5,7,9H2,1-2H3,(H,25,27)/t12-,13+/m0/s1. The van der Waals surface area contributed by atoms with E-state index in [0.29, 0.717) is 24.3 Å². The Balaban J connectivity index is 1.65. The van der Waals surface area contributed by atoms with E-state index in [1.54, 1.807) is 30.9 Å². The minimum absolute atomic E-state index is 0.0649. The molecule has 0 saturated carbocycles. The van der Waals surface area contributed by atoms with Crippen LogP contribution in [0.1, 0.15) is 40.0 Å². The normalized spacial score (nSPS) is 19.1. The number of pyridine rings is 1. The van der Waals surface area contributed by atoms with Crippen LogP contribution in [0.2, 0.25) is 10.0 Å². The zero-order chi connectivity index (χ0) is 21.1. The number of hydrogen-bond acceptors (Lipinski definition) is 5. The van der Waals surface area contributed by atoms with Gasteiger partial charge in [0.05, 0.1) is 29.2 Å². The fourth-order valence-corrected chi connectivity index (χ4v) is 3.62. The third-order valence-corrected chi connectivity index (χ3v) is 5.68. The number of H-pyrrole nitrogens is 1. The molecule has 0 radical (unpaired) electrons. The summed E-state index contributed by atoms with van der Waals surface area (Å²) >= 11 is 12.1. The highest BCUT2D eigenvalue weighted by Gasteiger charge is 2.32. The topological polar surface area (TPSA) is 87.3 Å². The molecule has 0 bridgehead atoms. The van der Waals surface area contributed by atoms with Crippen molar-refractivity contribution in [2.24, 2.45) is 0 Å². The molecule has 1 saturated heterocycles. The van der Waals surface area contributed by atoms with Gasteiger partial charge in [0, 0.05) is 24.1 Å². The molecule has 1 amide bonds. The van der Waals surface area contributed by atoms with E-state index in [0.717, 1.165) is 0 Å². The number of aryl methyl sites for hydroxylation is 1. The van der Waals surface area contributed by atoms with E-state index < -0.39 is 24.1 Å². The fourth-order valence-electron chi connectivity index (χ4n) is 3.20. The first kappa shape index (κ1) is 21.4. The number of anilines is 1. The molecular weight excluding hydrogens is 422 g/mol. The maximum absolute atomic E-state index is 14.8. The molecule has 0 unspecified atom stereocenters. The van der Waals surface area contributed by atoms with Crippen LogP contribution in [0.25, 0.3) is 0 Å². The highest BCUT2D eigenvalue weighted by atomic mass is 35.5. The van der Waals surface area contributed by atoms with Crippen molar-refractivity contribution < 1.29 is 18.7 Å². The Morgan fingerprint density at radius 1 is 1.41 bits per heavy atom. The molecule has 0 spiro atoms. The summed E-state index contributed by atoms with van der Waals surface area (Å²) < 4.78 is 19.7. The molecule has 1 aliphatic rings. The number of alkyl halides is 1.